The van der Waals surface area contributed by atoms with Crippen LogP contribution in [0.1, 0.15) is 0 Å². The van der Waals surface area contributed by atoms with Gasteiger partial charge in [-0.15, -0.1) is 11.3 Å². The lowest BCUT2D eigenvalue weighted by molar-refractivity contribution is -0.353. The number of thiophene rings is 1. The average Bonchev–Trinajstić information content (AvgIpc) is 4.03. The molecule has 0 aliphatic carbocycles. The van der Waals surface area contributed by atoms with E-state index in [1.807, 2.05) is 30.3 Å². The van der Waals surface area contributed by atoms with Crippen LogP contribution in [0.15, 0.2) is 194 Å². The van der Waals surface area contributed by atoms with Crippen LogP contribution in [-0.2, 0) is 0 Å². The van der Waals surface area contributed by atoms with Crippen LogP contribution >= 0.6 is 11.3 Å². The summed E-state index contributed by atoms with van der Waals surface area (Å²) in [5.74, 6) is 2.56. The maximum atomic E-state index is 5.35. The molecule has 0 atom stereocenters. The van der Waals surface area contributed by atoms with Gasteiger partial charge in [-0.3, -0.25) is 4.57 Å². The Labute approximate surface area is 364 Å². The Morgan fingerprint density at radius 3 is 1.90 bits per heavy atom. The number of para-hydroxylation sites is 2. The zero-order chi connectivity index (χ0) is 41.4. The van der Waals surface area contributed by atoms with Crippen LogP contribution in [-0.4, -0.2) is 29.5 Å². The van der Waals surface area contributed by atoms with Crippen LogP contribution in [0.5, 0.6) is 0 Å². The molecule has 5 heterocycles. The average molecular weight is 825 g/mol. The fourth-order valence-electron chi connectivity index (χ4n) is 9.14. The normalized spacial score (nSPS) is 11.8. The lowest BCUT2D eigenvalue weighted by atomic mass is 10.0. The smallest absolute Gasteiger partial charge is 0.331 e. The van der Waals surface area contributed by atoms with Gasteiger partial charge in [-0.1, -0.05) is 152 Å². The van der Waals surface area contributed by atoms with Gasteiger partial charge in [0.25, 0.3) is 0 Å². The van der Waals surface area contributed by atoms with Gasteiger partial charge in [0.15, 0.2) is 17.3 Å². The third kappa shape index (κ3) is 5.76. The predicted octanol–water partition coefficient (Wildman–Crippen LogP) is 13.5. The molecule has 63 heavy (non-hydrogen) atoms. The van der Waals surface area contributed by atoms with E-state index in [2.05, 4.69) is 178 Å². The molecule has 0 amide bonds. The Balaban J connectivity index is 0.989. The number of nitrogens with zero attached hydrogens (tertiary/aromatic N) is 5. The first-order valence-electron chi connectivity index (χ1n) is 21.0. The third-order valence-corrected chi connectivity index (χ3v) is 13.3. The van der Waals surface area contributed by atoms with Gasteiger partial charge in [-0.25, -0.2) is 9.97 Å². The third-order valence-electron chi connectivity index (χ3n) is 12.1. The maximum Gasteiger partial charge on any atom is 0.331 e. The van der Waals surface area contributed by atoms with Crippen molar-refractivity contribution in [3.05, 3.63) is 194 Å². The fourth-order valence-corrected chi connectivity index (χ4v) is 10.3. The topological polar surface area (TPSA) is 86.4 Å². The number of hydrogen-bond donors (Lipinski definition) is 1. The lowest BCUT2D eigenvalue weighted by Crippen LogP contribution is -2.13. The van der Waals surface area contributed by atoms with Gasteiger partial charge in [0, 0.05) is 53.8 Å². The number of aromatic amines is 2. The Hall–Kier alpha value is -8.33. The van der Waals surface area contributed by atoms with Crippen molar-refractivity contribution < 1.29 is 4.98 Å². The number of hydrogen-bond acceptors (Lipinski definition) is 5. The van der Waals surface area contributed by atoms with Crippen LogP contribution in [0, 0.1) is 0 Å². The van der Waals surface area contributed by atoms with E-state index in [9.17, 15) is 0 Å². The Morgan fingerprint density at radius 1 is 0.444 bits per heavy atom. The number of nitrogens with one attached hydrogen (secondary N) is 2. The predicted molar refractivity (Wildman–Crippen MR) is 258 cm³/mol. The van der Waals surface area contributed by atoms with Gasteiger partial charge in [-0.05, 0) is 58.6 Å². The molecule has 8 aromatic carbocycles. The largest absolute Gasteiger partial charge is 0.354 e. The molecule has 0 saturated carbocycles. The van der Waals surface area contributed by atoms with Crippen LogP contribution < -0.4 is 4.98 Å². The van der Waals surface area contributed by atoms with E-state index >= 15 is 0 Å². The molecule has 0 radical (unpaired) electrons. The molecule has 0 unspecified atom stereocenters. The first-order chi connectivity index (χ1) is 31.2. The molecule has 0 spiro atoms. The molecule has 13 aromatic rings. The summed E-state index contributed by atoms with van der Waals surface area (Å²) in [6.45, 7) is 0. The number of benzene rings is 8. The highest BCUT2D eigenvalue weighted by Gasteiger charge is 2.25. The maximum absolute atomic E-state index is 5.35. The summed E-state index contributed by atoms with van der Waals surface area (Å²) < 4.78 is 4.53. The quantitative estimate of drug-likeness (QED) is 0.181. The van der Waals surface area contributed by atoms with Gasteiger partial charge in [-0.2, -0.15) is 9.97 Å². The lowest BCUT2D eigenvalue weighted by Gasteiger charge is -2.11. The minimum atomic E-state index is 0.559. The number of aromatic nitrogens is 7. The number of fused-ring (bicyclic) bond motifs is 9. The van der Waals surface area contributed by atoms with E-state index in [0.29, 0.717) is 17.6 Å². The van der Waals surface area contributed by atoms with E-state index in [-0.39, 0.29) is 0 Å². The molecule has 0 fully saturated rings. The van der Waals surface area contributed by atoms with Crippen molar-refractivity contribution in [3.8, 4) is 62.5 Å². The van der Waals surface area contributed by atoms with Crippen molar-refractivity contribution in [2.45, 2.75) is 0 Å². The van der Waals surface area contributed by atoms with Crippen molar-refractivity contribution in [1.29, 1.82) is 0 Å². The zero-order valence-corrected chi connectivity index (χ0v) is 34.4. The Kier molecular flexibility index (Phi) is 7.94. The second-order valence-corrected chi connectivity index (χ2v) is 16.9. The van der Waals surface area contributed by atoms with E-state index in [1.165, 1.54) is 10.3 Å². The van der Waals surface area contributed by atoms with E-state index in [1.54, 1.807) is 11.3 Å². The van der Waals surface area contributed by atoms with Gasteiger partial charge < -0.3 is 4.98 Å². The fraction of sp³-hybridized carbons (Fsp3) is 0. The van der Waals surface area contributed by atoms with Gasteiger partial charge >= 0.3 is 5.82 Å². The summed E-state index contributed by atoms with van der Waals surface area (Å²) in [5.41, 5.74) is 12.4. The second-order valence-electron chi connectivity index (χ2n) is 15.8. The summed E-state index contributed by atoms with van der Waals surface area (Å²) in [6, 6.07) is 67.8. The van der Waals surface area contributed by atoms with E-state index < -0.39 is 0 Å². The van der Waals surface area contributed by atoms with Crippen molar-refractivity contribution in [3.63, 3.8) is 0 Å². The Morgan fingerprint density at radius 2 is 1.10 bits per heavy atom. The Bertz CT molecular complexity index is 3910. The SMILES string of the molecule is c1ccc(-c2ccc3c(c2)c2ccccc2n3-c2nc(-c3ccccc3)nc(-c3ccc4c(c3)[nH]c3c(-c5nc6c(sc7ccccc76)c(-c6ccccc6)[nH+]5)cccc34)n2)cc1. The highest BCUT2D eigenvalue weighted by atomic mass is 32.1. The van der Waals surface area contributed by atoms with Crippen molar-refractivity contribution in [2.24, 2.45) is 0 Å². The molecule has 0 aliphatic rings. The number of rotatable bonds is 6. The summed E-state index contributed by atoms with van der Waals surface area (Å²) in [7, 11) is 0. The molecule has 13 rings (SSSR count). The first kappa shape index (κ1) is 35.4. The van der Waals surface area contributed by atoms with Crippen LogP contribution in [0.4, 0.5) is 0 Å². The summed E-state index contributed by atoms with van der Waals surface area (Å²) in [5, 5.41) is 5.65. The highest BCUT2D eigenvalue weighted by molar-refractivity contribution is 7.26. The standard InChI is InChI=1S/C55H33N7S/c1-4-15-33(16-5-1)36-28-30-46-43(31-36)39-21-10-12-25-45(39)62(46)55-60-52(35-19-8-3-9-20-35)59-53(61-55)37-27-29-38-40-23-14-24-42(49(40)56-44(38)32-37)54-57-48(34-17-6-2-7-18-34)51-50(58-54)41-22-11-13-26-47(41)63-51/h1-32,56H/p+1. The summed E-state index contributed by atoms with van der Waals surface area (Å²) in [6.07, 6.45) is 0. The van der Waals surface area contributed by atoms with Crippen LogP contribution in [0.25, 0.3) is 126 Å². The molecule has 2 N–H and O–H groups in total. The molecule has 7 nitrogen and oxygen atoms in total. The van der Waals surface area contributed by atoms with Gasteiger partial charge in [0.05, 0.1) is 22.1 Å². The first-order valence-corrected chi connectivity index (χ1v) is 21.8. The van der Waals surface area contributed by atoms with Crippen molar-refractivity contribution >= 4 is 75.3 Å². The monoisotopic (exact) mass is 824 g/mol. The molecule has 0 bridgehead atoms. The minimum absolute atomic E-state index is 0.559. The molecular formula is C55H34N7S+. The number of H-pyrrole nitrogens is 2. The molecule has 5 aromatic heterocycles. The van der Waals surface area contributed by atoms with Crippen molar-refractivity contribution in [1.82, 2.24) is 29.5 Å². The van der Waals surface area contributed by atoms with Crippen LogP contribution in [0.2, 0.25) is 0 Å². The van der Waals surface area contributed by atoms with Gasteiger partial charge in [0.1, 0.15) is 4.70 Å². The summed E-state index contributed by atoms with van der Waals surface area (Å²) >= 11 is 1.77. The molecule has 8 heteroatoms. The second kappa shape index (κ2) is 14.1. The van der Waals surface area contributed by atoms with Crippen LogP contribution in [0.3, 0.4) is 0 Å². The van der Waals surface area contributed by atoms with E-state index in [0.717, 1.165) is 98.6 Å². The molecule has 294 valence electrons. The molecule has 0 saturated heterocycles. The zero-order valence-electron chi connectivity index (χ0n) is 33.6. The van der Waals surface area contributed by atoms with E-state index in [4.69, 9.17) is 19.9 Å². The van der Waals surface area contributed by atoms with Crippen molar-refractivity contribution in [2.75, 3.05) is 0 Å². The van der Waals surface area contributed by atoms with Gasteiger partial charge in [0.2, 0.25) is 11.5 Å². The molecular weight excluding hydrogens is 791 g/mol. The minimum Gasteiger partial charge on any atom is -0.354 e. The molecule has 0 aliphatic heterocycles. The highest BCUT2D eigenvalue weighted by Crippen LogP contribution is 2.40. The summed E-state index contributed by atoms with van der Waals surface area (Å²) in [4.78, 5) is 28.6.